The van der Waals surface area contributed by atoms with E-state index >= 15 is 0 Å². The van der Waals surface area contributed by atoms with Crippen molar-refractivity contribution in [2.24, 2.45) is 5.92 Å². The van der Waals surface area contributed by atoms with E-state index in [1.54, 1.807) is 14.0 Å². The average Bonchev–Trinajstić information content (AvgIpc) is 3.22. The number of rotatable bonds is 10. The smallest absolute Gasteiger partial charge is 0.417 e. The summed E-state index contributed by atoms with van der Waals surface area (Å²) >= 11 is 0. The van der Waals surface area contributed by atoms with Crippen LogP contribution in [-0.2, 0) is 16.1 Å². The number of aryl methyl sites for hydroxylation is 1. The Kier molecular flexibility index (Phi) is 9.03. The van der Waals surface area contributed by atoms with E-state index in [4.69, 9.17) is 18.9 Å². The van der Waals surface area contributed by atoms with Gasteiger partial charge in [0.15, 0.2) is 23.0 Å². The van der Waals surface area contributed by atoms with Crippen LogP contribution in [0.3, 0.4) is 0 Å². The molecule has 0 radical (unpaired) electrons. The van der Waals surface area contributed by atoms with Crippen LogP contribution < -0.4 is 14.8 Å². The normalized spacial score (nSPS) is 22.5. The van der Waals surface area contributed by atoms with Crippen molar-refractivity contribution in [3.05, 3.63) is 76.7 Å². The fraction of sp³-hybridized carbons (Fsp3) is 0.448. The number of methoxy groups -OCH3 is 2. The van der Waals surface area contributed by atoms with E-state index in [9.17, 15) is 22.0 Å². The number of aromatic nitrogens is 2. The highest BCUT2D eigenvalue weighted by Gasteiger charge is 2.65. The lowest BCUT2D eigenvalue weighted by Crippen LogP contribution is -2.46. The molecule has 4 rings (SSSR count). The van der Waals surface area contributed by atoms with Crippen LogP contribution in [-0.4, -0.2) is 49.1 Å². The number of alkyl halides is 3. The van der Waals surface area contributed by atoms with Crippen molar-refractivity contribution in [1.82, 2.24) is 9.97 Å². The van der Waals surface area contributed by atoms with E-state index in [1.165, 1.54) is 13.0 Å². The lowest BCUT2D eigenvalue weighted by atomic mass is 9.77. The highest BCUT2D eigenvalue weighted by atomic mass is 19.4. The predicted molar refractivity (Wildman–Crippen MR) is 141 cm³/mol. The Morgan fingerprint density at radius 3 is 2.39 bits per heavy atom. The quantitative estimate of drug-likeness (QED) is 0.216. The Balaban J connectivity index is 1.84. The fourth-order valence-electron chi connectivity index (χ4n) is 5.04. The Hall–Kier alpha value is -3.51. The molecule has 2 heterocycles. The summed E-state index contributed by atoms with van der Waals surface area (Å²) in [4.78, 5) is 9.03. The van der Waals surface area contributed by atoms with Crippen LogP contribution >= 0.6 is 0 Å². The number of hydrogen-bond acceptors (Lipinski definition) is 7. The van der Waals surface area contributed by atoms with E-state index < -0.39 is 47.1 Å². The number of hydrogen-bond donors (Lipinski definition) is 1. The van der Waals surface area contributed by atoms with Crippen molar-refractivity contribution in [2.75, 3.05) is 32.7 Å². The molecule has 1 saturated heterocycles. The minimum atomic E-state index is -4.80. The van der Waals surface area contributed by atoms with Gasteiger partial charge in [-0.15, -0.1) is 0 Å². The van der Waals surface area contributed by atoms with Crippen molar-refractivity contribution in [2.45, 2.75) is 51.2 Å². The van der Waals surface area contributed by atoms with Crippen molar-refractivity contribution in [1.29, 1.82) is 0 Å². The van der Waals surface area contributed by atoms with E-state index in [-0.39, 0.29) is 23.9 Å². The summed E-state index contributed by atoms with van der Waals surface area (Å²) in [6.07, 6.45) is -6.20. The first-order valence-corrected chi connectivity index (χ1v) is 13.0. The standard InChI is InChI=1S/C29H32F5N3O4/c1-16-21(19-11-12-20(30)22(31)24(19)39-5)25(41-28(16,3)29(32,33)34)26-36-17(2)23(35-13-14-38-4)27(37-26)40-15-18-9-7-6-8-10-18/h6-12,16,21,25,35H,13-15H2,1-5H3/t16-,21-,25+,28+/m0/s1. The number of nitrogens with zero attached hydrogens (tertiary/aromatic N) is 2. The maximum absolute atomic E-state index is 14.8. The molecule has 4 atom stereocenters. The van der Waals surface area contributed by atoms with Crippen LogP contribution in [0, 0.1) is 24.5 Å². The Morgan fingerprint density at radius 1 is 1.05 bits per heavy atom. The number of ether oxygens (including phenoxy) is 4. The van der Waals surface area contributed by atoms with Crippen LogP contribution in [0.2, 0.25) is 0 Å². The molecule has 1 N–H and O–H groups in total. The molecule has 0 amide bonds. The zero-order valence-corrected chi connectivity index (χ0v) is 23.3. The zero-order chi connectivity index (χ0) is 29.9. The second-order valence-electron chi connectivity index (χ2n) is 9.98. The van der Waals surface area contributed by atoms with Gasteiger partial charge in [-0.3, -0.25) is 0 Å². The molecule has 1 fully saturated rings. The van der Waals surface area contributed by atoms with Crippen molar-refractivity contribution in [3.63, 3.8) is 0 Å². The second kappa shape index (κ2) is 12.2. The summed E-state index contributed by atoms with van der Waals surface area (Å²) < 4.78 is 94.1. The number of benzene rings is 2. The van der Waals surface area contributed by atoms with Crippen LogP contribution in [0.15, 0.2) is 42.5 Å². The number of anilines is 1. The summed E-state index contributed by atoms with van der Waals surface area (Å²) in [5.74, 6) is -5.42. The summed E-state index contributed by atoms with van der Waals surface area (Å²) in [5.41, 5.74) is -0.980. The van der Waals surface area contributed by atoms with Gasteiger partial charge in [-0.2, -0.15) is 22.5 Å². The van der Waals surface area contributed by atoms with Crippen molar-refractivity contribution < 1.29 is 40.9 Å². The summed E-state index contributed by atoms with van der Waals surface area (Å²) in [6, 6.07) is 11.3. The molecule has 0 aliphatic carbocycles. The van der Waals surface area contributed by atoms with Crippen LogP contribution in [0.4, 0.5) is 27.6 Å². The number of halogens is 5. The number of nitrogens with one attached hydrogen (secondary N) is 1. The first-order chi connectivity index (χ1) is 19.4. The Bertz CT molecular complexity index is 1360. The highest BCUT2D eigenvalue weighted by Crippen LogP contribution is 2.59. The molecule has 222 valence electrons. The maximum atomic E-state index is 14.8. The van der Waals surface area contributed by atoms with Gasteiger partial charge in [0.1, 0.15) is 18.4 Å². The largest absolute Gasteiger partial charge is 0.493 e. The van der Waals surface area contributed by atoms with Gasteiger partial charge in [0, 0.05) is 31.1 Å². The molecule has 41 heavy (non-hydrogen) atoms. The third kappa shape index (κ3) is 5.94. The molecule has 12 heteroatoms. The monoisotopic (exact) mass is 581 g/mol. The molecule has 0 saturated carbocycles. The molecule has 2 aromatic carbocycles. The third-order valence-corrected chi connectivity index (χ3v) is 7.47. The van der Waals surface area contributed by atoms with Crippen LogP contribution in [0.5, 0.6) is 11.6 Å². The minimum absolute atomic E-state index is 0.00665. The Morgan fingerprint density at radius 2 is 1.76 bits per heavy atom. The SMILES string of the molecule is COCCNc1c(C)nc([C@@H]2O[C@@](C)(C(F)(F)F)[C@@H](C)[C@H]2c2ccc(F)c(F)c2OC)nc1OCc1ccccc1. The van der Waals surface area contributed by atoms with E-state index in [2.05, 4.69) is 15.3 Å². The van der Waals surface area contributed by atoms with Gasteiger partial charge in [0.2, 0.25) is 11.7 Å². The summed E-state index contributed by atoms with van der Waals surface area (Å²) in [5, 5.41) is 3.15. The first-order valence-electron chi connectivity index (χ1n) is 13.0. The second-order valence-corrected chi connectivity index (χ2v) is 9.98. The molecular formula is C29H32F5N3O4. The Labute approximate surface area is 235 Å². The van der Waals surface area contributed by atoms with Crippen LogP contribution in [0.25, 0.3) is 0 Å². The zero-order valence-electron chi connectivity index (χ0n) is 23.3. The van der Waals surface area contributed by atoms with E-state index in [1.807, 2.05) is 30.3 Å². The van der Waals surface area contributed by atoms with Gasteiger partial charge in [-0.05, 0) is 25.5 Å². The van der Waals surface area contributed by atoms with Crippen molar-refractivity contribution >= 4 is 5.69 Å². The molecule has 0 bridgehead atoms. The molecule has 1 aromatic heterocycles. The van der Waals surface area contributed by atoms with Gasteiger partial charge in [0.05, 0.1) is 19.4 Å². The summed E-state index contributed by atoms with van der Waals surface area (Å²) in [7, 11) is 2.67. The average molecular weight is 582 g/mol. The summed E-state index contributed by atoms with van der Waals surface area (Å²) in [6.45, 7) is 4.81. The predicted octanol–water partition coefficient (Wildman–Crippen LogP) is 6.52. The van der Waals surface area contributed by atoms with Gasteiger partial charge in [0.25, 0.3) is 0 Å². The maximum Gasteiger partial charge on any atom is 0.417 e. The fourth-order valence-corrected chi connectivity index (χ4v) is 5.04. The van der Waals surface area contributed by atoms with Gasteiger partial charge >= 0.3 is 6.18 Å². The van der Waals surface area contributed by atoms with Gasteiger partial charge < -0.3 is 24.3 Å². The van der Waals surface area contributed by atoms with E-state index in [0.717, 1.165) is 25.7 Å². The topological polar surface area (TPSA) is 74.7 Å². The highest BCUT2D eigenvalue weighted by molar-refractivity contribution is 5.56. The lowest BCUT2D eigenvalue weighted by Gasteiger charge is -2.32. The minimum Gasteiger partial charge on any atom is -0.493 e. The van der Waals surface area contributed by atoms with Crippen molar-refractivity contribution in [3.8, 4) is 11.6 Å². The molecule has 1 aliphatic rings. The third-order valence-electron chi connectivity index (χ3n) is 7.47. The molecule has 3 aromatic rings. The van der Waals surface area contributed by atoms with Gasteiger partial charge in [-0.1, -0.05) is 43.3 Å². The van der Waals surface area contributed by atoms with E-state index in [0.29, 0.717) is 24.5 Å². The van der Waals surface area contributed by atoms with Gasteiger partial charge in [-0.25, -0.2) is 9.37 Å². The first kappa shape index (κ1) is 30.4. The molecule has 1 aliphatic heterocycles. The van der Waals surface area contributed by atoms with Crippen LogP contribution in [0.1, 0.15) is 48.5 Å². The molecule has 7 nitrogen and oxygen atoms in total. The molecule has 0 spiro atoms. The molecular weight excluding hydrogens is 549 g/mol. The molecule has 0 unspecified atom stereocenters. The lowest BCUT2D eigenvalue weighted by molar-refractivity contribution is -0.275.